The number of rotatable bonds is 9. The van der Waals surface area contributed by atoms with Crippen LogP contribution in [0.1, 0.15) is 24.8 Å². The zero-order valence-electron chi connectivity index (χ0n) is 14.2. The lowest BCUT2D eigenvalue weighted by atomic mass is 10.1. The molecule has 1 aromatic carbocycles. The Morgan fingerprint density at radius 1 is 1.20 bits per heavy atom. The van der Waals surface area contributed by atoms with E-state index in [1.165, 1.54) is 10.4 Å². The summed E-state index contributed by atoms with van der Waals surface area (Å²) in [5, 5.41) is 2.72. The van der Waals surface area contributed by atoms with Crippen molar-refractivity contribution in [2.45, 2.75) is 25.7 Å². The molecule has 0 bridgehead atoms. The molecule has 1 amide bonds. The number of morpholine rings is 1. The highest BCUT2D eigenvalue weighted by Gasteiger charge is 2.24. The van der Waals surface area contributed by atoms with E-state index in [1.54, 1.807) is 18.2 Å². The van der Waals surface area contributed by atoms with Gasteiger partial charge in [0.05, 0.1) is 19.0 Å². The van der Waals surface area contributed by atoms with Crippen molar-refractivity contribution < 1.29 is 22.3 Å². The standard InChI is InChI=1S/C17H25FN2O4S/c18-16-7-2-1-5-15(16)6-3-4-9-19-17(21)8-14-25(22,23)20-10-12-24-13-11-20/h1-2,5,7H,3-4,6,8-14H2,(H,19,21). The lowest BCUT2D eigenvalue weighted by Gasteiger charge is -2.25. The molecule has 2 rings (SSSR count). The molecule has 8 heteroatoms. The summed E-state index contributed by atoms with van der Waals surface area (Å²) < 4.78 is 44.2. The Kier molecular flexibility index (Phi) is 7.80. The Bertz CT molecular complexity index is 660. The molecule has 1 fully saturated rings. The van der Waals surface area contributed by atoms with Gasteiger partial charge in [-0.2, -0.15) is 4.31 Å². The normalized spacial score (nSPS) is 15.9. The van der Waals surface area contributed by atoms with E-state index < -0.39 is 10.0 Å². The fraction of sp³-hybridized carbons (Fsp3) is 0.588. The summed E-state index contributed by atoms with van der Waals surface area (Å²) in [7, 11) is -3.40. The van der Waals surface area contributed by atoms with E-state index in [0.29, 0.717) is 44.8 Å². The fourth-order valence-electron chi connectivity index (χ4n) is 2.63. The quantitative estimate of drug-likeness (QED) is 0.664. The Balaban J connectivity index is 1.60. The second kappa shape index (κ2) is 9.84. The molecule has 6 nitrogen and oxygen atoms in total. The highest BCUT2D eigenvalue weighted by molar-refractivity contribution is 7.89. The molecule has 0 aromatic heterocycles. The molecule has 25 heavy (non-hydrogen) atoms. The number of hydrogen-bond acceptors (Lipinski definition) is 4. The van der Waals surface area contributed by atoms with E-state index in [1.807, 2.05) is 0 Å². The number of hydrogen-bond donors (Lipinski definition) is 1. The summed E-state index contributed by atoms with van der Waals surface area (Å²) in [5.41, 5.74) is 0.672. The van der Waals surface area contributed by atoms with Crippen LogP contribution in [-0.2, 0) is 26.0 Å². The first kappa shape index (κ1) is 19.8. The average molecular weight is 372 g/mol. The molecule has 0 saturated carbocycles. The number of carbonyl (C=O) groups excluding carboxylic acids is 1. The number of sulfonamides is 1. The minimum atomic E-state index is -3.40. The van der Waals surface area contributed by atoms with Crippen LogP contribution in [0.5, 0.6) is 0 Å². The van der Waals surface area contributed by atoms with Gasteiger partial charge in [-0.25, -0.2) is 12.8 Å². The van der Waals surface area contributed by atoms with Crippen LogP contribution in [0.3, 0.4) is 0 Å². The molecule has 0 atom stereocenters. The number of unbranched alkanes of at least 4 members (excludes halogenated alkanes) is 1. The third-order valence-corrected chi connectivity index (χ3v) is 5.98. The number of ether oxygens (including phenoxy) is 1. The van der Waals surface area contributed by atoms with E-state index >= 15 is 0 Å². The summed E-state index contributed by atoms with van der Waals surface area (Å²) in [6.07, 6.45) is 2.05. The van der Waals surface area contributed by atoms with Crippen LogP contribution in [0.2, 0.25) is 0 Å². The second-order valence-corrected chi connectivity index (χ2v) is 8.06. The van der Waals surface area contributed by atoms with Gasteiger partial charge in [0.2, 0.25) is 15.9 Å². The van der Waals surface area contributed by atoms with Crippen molar-refractivity contribution in [3.63, 3.8) is 0 Å². The Labute approximate surface area is 148 Å². The number of nitrogens with one attached hydrogen (secondary N) is 1. The maximum atomic E-state index is 13.5. The largest absolute Gasteiger partial charge is 0.379 e. The Morgan fingerprint density at radius 2 is 1.92 bits per heavy atom. The molecule has 0 radical (unpaired) electrons. The van der Waals surface area contributed by atoms with Gasteiger partial charge in [-0.1, -0.05) is 18.2 Å². The topological polar surface area (TPSA) is 75.7 Å². The van der Waals surface area contributed by atoms with Gasteiger partial charge in [0, 0.05) is 26.1 Å². The average Bonchev–Trinajstić information content (AvgIpc) is 2.62. The zero-order valence-corrected chi connectivity index (χ0v) is 15.1. The molecular formula is C17H25FN2O4S. The van der Waals surface area contributed by atoms with Crippen molar-refractivity contribution in [1.29, 1.82) is 0 Å². The molecule has 1 aromatic rings. The van der Waals surface area contributed by atoms with Crippen LogP contribution in [0, 0.1) is 5.82 Å². The van der Waals surface area contributed by atoms with E-state index in [0.717, 1.165) is 12.8 Å². The van der Waals surface area contributed by atoms with Gasteiger partial charge >= 0.3 is 0 Å². The van der Waals surface area contributed by atoms with Crippen molar-refractivity contribution in [3.8, 4) is 0 Å². The number of benzene rings is 1. The summed E-state index contributed by atoms with van der Waals surface area (Å²) in [6.45, 7) is 1.95. The van der Waals surface area contributed by atoms with Crippen LogP contribution in [0.4, 0.5) is 4.39 Å². The van der Waals surface area contributed by atoms with E-state index in [9.17, 15) is 17.6 Å². The van der Waals surface area contributed by atoms with E-state index in [4.69, 9.17) is 4.74 Å². The Hall–Kier alpha value is -1.51. The summed E-state index contributed by atoms with van der Waals surface area (Å²) in [5.74, 6) is -0.670. The minimum absolute atomic E-state index is 0.0486. The van der Waals surface area contributed by atoms with Gasteiger partial charge in [0.15, 0.2) is 0 Å². The smallest absolute Gasteiger partial charge is 0.221 e. The van der Waals surface area contributed by atoms with Crippen molar-refractivity contribution in [2.75, 3.05) is 38.6 Å². The number of carbonyl (C=O) groups is 1. The fourth-order valence-corrected chi connectivity index (χ4v) is 4.04. The first-order valence-electron chi connectivity index (χ1n) is 8.55. The van der Waals surface area contributed by atoms with Crippen LogP contribution in [-0.4, -0.2) is 57.2 Å². The third-order valence-electron chi connectivity index (χ3n) is 4.10. The summed E-state index contributed by atoms with van der Waals surface area (Å²) in [4.78, 5) is 11.8. The Morgan fingerprint density at radius 3 is 2.64 bits per heavy atom. The second-order valence-electron chi connectivity index (χ2n) is 5.98. The highest BCUT2D eigenvalue weighted by Crippen LogP contribution is 2.10. The van der Waals surface area contributed by atoms with Gasteiger partial charge in [-0.05, 0) is 30.9 Å². The maximum absolute atomic E-state index is 13.5. The molecule has 1 heterocycles. The molecule has 1 saturated heterocycles. The molecule has 1 aliphatic rings. The predicted molar refractivity (Wildman–Crippen MR) is 93.1 cm³/mol. The SMILES string of the molecule is O=C(CCS(=O)(=O)N1CCOCC1)NCCCCc1ccccc1F. The molecule has 140 valence electrons. The van der Waals surface area contributed by atoms with Crippen LogP contribution in [0.25, 0.3) is 0 Å². The number of aryl methyl sites for hydroxylation is 1. The first-order chi connectivity index (χ1) is 12.0. The van der Waals surface area contributed by atoms with Gasteiger partial charge in [0.1, 0.15) is 5.82 Å². The predicted octanol–water partition coefficient (Wildman–Crippen LogP) is 1.32. The summed E-state index contributed by atoms with van der Waals surface area (Å²) >= 11 is 0. The summed E-state index contributed by atoms with van der Waals surface area (Å²) in [6, 6.07) is 6.65. The van der Waals surface area contributed by atoms with Gasteiger partial charge in [-0.15, -0.1) is 0 Å². The van der Waals surface area contributed by atoms with Crippen molar-refractivity contribution in [1.82, 2.24) is 9.62 Å². The molecular weight excluding hydrogens is 347 g/mol. The van der Waals surface area contributed by atoms with Crippen molar-refractivity contribution in [2.24, 2.45) is 0 Å². The van der Waals surface area contributed by atoms with Gasteiger partial charge in [-0.3, -0.25) is 4.79 Å². The molecule has 1 aliphatic heterocycles. The molecule has 0 spiro atoms. The monoisotopic (exact) mass is 372 g/mol. The van der Waals surface area contributed by atoms with Crippen LogP contribution < -0.4 is 5.32 Å². The molecule has 1 N–H and O–H groups in total. The number of halogens is 1. The van der Waals surface area contributed by atoms with Crippen molar-refractivity contribution in [3.05, 3.63) is 35.6 Å². The maximum Gasteiger partial charge on any atom is 0.221 e. The lowest BCUT2D eigenvalue weighted by Crippen LogP contribution is -2.42. The van der Waals surface area contributed by atoms with Gasteiger partial charge < -0.3 is 10.1 Å². The lowest BCUT2D eigenvalue weighted by molar-refractivity contribution is -0.120. The van der Waals surface area contributed by atoms with E-state index in [2.05, 4.69) is 5.32 Å². The van der Waals surface area contributed by atoms with Crippen LogP contribution >= 0.6 is 0 Å². The van der Waals surface area contributed by atoms with Crippen molar-refractivity contribution >= 4 is 15.9 Å². The zero-order chi connectivity index (χ0) is 18.1. The highest BCUT2D eigenvalue weighted by atomic mass is 32.2. The minimum Gasteiger partial charge on any atom is -0.379 e. The number of nitrogens with zero attached hydrogens (tertiary/aromatic N) is 1. The number of amides is 1. The van der Waals surface area contributed by atoms with Gasteiger partial charge in [0.25, 0.3) is 0 Å². The van der Waals surface area contributed by atoms with Crippen LogP contribution in [0.15, 0.2) is 24.3 Å². The van der Waals surface area contributed by atoms with E-state index in [-0.39, 0.29) is 23.9 Å². The molecule has 0 unspecified atom stereocenters. The molecule has 0 aliphatic carbocycles. The third kappa shape index (κ3) is 6.72. The first-order valence-corrected chi connectivity index (χ1v) is 10.2.